The van der Waals surface area contributed by atoms with Crippen molar-refractivity contribution < 1.29 is 4.74 Å². The smallest absolute Gasteiger partial charge is 0.134 e. The van der Waals surface area contributed by atoms with Crippen LogP contribution in [0.15, 0.2) is 36.7 Å². The number of nitrogens with two attached hydrogens (primary N) is 1. The lowest BCUT2D eigenvalue weighted by atomic mass is 9.75. The van der Waals surface area contributed by atoms with Crippen LogP contribution in [0.3, 0.4) is 0 Å². The normalized spacial score (nSPS) is 32.5. The van der Waals surface area contributed by atoms with Crippen LogP contribution in [-0.4, -0.2) is 53.7 Å². The molecule has 1 aromatic heterocycles. The van der Waals surface area contributed by atoms with Crippen molar-refractivity contribution in [2.45, 2.75) is 30.8 Å². The Kier molecular flexibility index (Phi) is 3.74. The van der Waals surface area contributed by atoms with E-state index in [1.807, 2.05) is 6.07 Å². The number of nitrogen functional groups attached to an aromatic ring is 1. The SMILES string of the molecule is COc1ccc([C@@H]2CN(c3cc(N)ncn3)[C@@H]3C4CCN(CC4)[C@@H]32)cc1. The third-order valence-electron chi connectivity index (χ3n) is 6.51. The zero-order valence-corrected chi connectivity index (χ0v) is 15.1. The van der Waals surface area contributed by atoms with Gasteiger partial charge >= 0.3 is 0 Å². The highest BCUT2D eigenvalue weighted by Crippen LogP contribution is 2.47. The summed E-state index contributed by atoms with van der Waals surface area (Å²) in [4.78, 5) is 13.8. The fourth-order valence-corrected chi connectivity index (χ4v) is 5.35. The molecule has 2 N–H and O–H groups in total. The molecule has 0 unspecified atom stereocenters. The molecule has 4 aliphatic rings. The molecule has 26 heavy (non-hydrogen) atoms. The molecule has 0 amide bonds. The molecule has 6 nitrogen and oxygen atoms in total. The van der Waals surface area contributed by atoms with E-state index in [0.29, 0.717) is 23.8 Å². The van der Waals surface area contributed by atoms with Crippen LogP contribution >= 0.6 is 0 Å². The Labute approximate surface area is 154 Å². The number of methoxy groups -OCH3 is 1. The van der Waals surface area contributed by atoms with Crippen LogP contribution in [0.25, 0.3) is 0 Å². The van der Waals surface area contributed by atoms with Crippen LogP contribution in [-0.2, 0) is 0 Å². The molecule has 4 aliphatic heterocycles. The van der Waals surface area contributed by atoms with E-state index in [1.165, 1.54) is 31.5 Å². The quantitative estimate of drug-likeness (QED) is 0.914. The number of hydrogen-bond donors (Lipinski definition) is 1. The van der Waals surface area contributed by atoms with Gasteiger partial charge in [0, 0.05) is 30.6 Å². The molecule has 0 aliphatic carbocycles. The van der Waals surface area contributed by atoms with Crippen molar-refractivity contribution in [3.63, 3.8) is 0 Å². The molecule has 4 saturated heterocycles. The van der Waals surface area contributed by atoms with Gasteiger partial charge in [0.1, 0.15) is 23.7 Å². The van der Waals surface area contributed by atoms with Crippen molar-refractivity contribution in [3.05, 3.63) is 42.2 Å². The van der Waals surface area contributed by atoms with E-state index in [-0.39, 0.29) is 0 Å². The maximum atomic E-state index is 5.95. The summed E-state index contributed by atoms with van der Waals surface area (Å²) in [7, 11) is 1.72. The number of aromatic nitrogens is 2. The van der Waals surface area contributed by atoms with Gasteiger partial charge in [0.2, 0.25) is 0 Å². The Morgan fingerprint density at radius 3 is 2.54 bits per heavy atom. The fourth-order valence-electron chi connectivity index (χ4n) is 5.35. The van der Waals surface area contributed by atoms with Crippen molar-refractivity contribution in [2.75, 3.05) is 37.4 Å². The number of ether oxygens (including phenoxy) is 1. The molecule has 2 aromatic rings. The van der Waals surface area contributed by atoms with Crippen LogP contribution in [0.1, 0.15) is 24.3 Å². The maximum Gasteiger partial charge on any atom is 0.134 e. The predicted octanol–water partition coefficient (Wildman–Crippen LogP) is 2.13. The Hall–Kier alpha value is -2.34. The molecule has 0 saturated carbocycles. The number of benzene rings is 1. The first-order valence-electron chi connectivity index (χ1n) is 9.47. The van der Waals surface area contributed by atoms with Crippen LogP contribution in [0.5, 0.6) is 5.75 Å². The summed E-state index contributed by atoms with van der Waals surface area (Å²) < 4.78 is 5.34. The summed E-state index contributed by atoms with van der Waals surface area (Å²) in [5.41, 5.74) is 7.33. The first kappa shape index (κ1) is 15.9. The molecule has 2 bridgehead atoms. The highest BCUT2D eigenvalue weighted by atomic mass is 16.5. The van der Waals surface area contributed by atoms with Crippen LogP contribution in [0.2, 0.25) is 0 Å². The van der Waals surface area contributed by atoms with Gasteiger partial charge in [0.15, 0.2) is 0 Å². The van der Waals surface area contributed by atoms with Crippen LogP contribution in [0, 0.1) is 5.92 Å². The van der Waals surface area contributed by atoms with Crippen molar-refractivity contribution in [1.82, 2.24) is 14.9 Å². The summed E-state index contributed by atoms with van der Waals surface area (Å²) in [6, 6.07) is 11.6. The summed E-state index contributed by atoms with van der Waals surface area (Å²) in [5.74, 6) is 3.64. The molecule has 1 aromatic carbocycles. The lowest BCUT2D eigenvalue weighted by molar-refractivity contribution is 0.0354. The second-order valence-corrected chi connectivity index (χ2v) is 7.69. The number of anilines is 2. The molecule has 0 spiro atoms. The minimum atomic E-state index is 0.477. The summed E-state index contributed by atoms with van der Waals surface area (Å²) >= 11 is 0. The number of rotatable bonds is 3. The van der Waals surface area contributed by atoms with E-state index in [2.05, 4.69) is 44.0 Å². The second kappa shape index (κ2) is 6.13. The third-order valence-corrected chi connectivity index (χ3v) is 6.51. The minimum Gasteiger partial charge on any atom is -0.497 e. The lowest BCUT2D eigenvalue weighted by Crippen LogP contribution is -2.60. The van der Waals surface area contributed by atoms with Gasteiger partial charge in [0.05, 0.1) is 7.11 Å². The number of piperidine rings is 3. The zero-order valence-electron chi connectivity index (χ0n) is 15.1. The predicted molar refractivity (Wildman–Crippen MR) is 101 cm³/mol. The highest BCUT2D eigenvalue weighted by Gasteiger charge is 2.53. The maximum absolute atomic E-state index is 5.95. The number of fused-ring (bicyclic) bond motifs is 2. The fraction of sp³-hybridized carbons (Fsp3) is 0.500. The van der Waals surface area contributed by atoms with Gasteiger partial charge in [-0.25, -0.2) is 9.97 Å². The molecular weight excluding hydrogens is 326 g/mol. The van der Waals surface area contributed by atoms with E-state index in [9.17, 15) is 0 Å². The van der Waals surface area contributed by atoms with Gasteiger partial charge in [0.25, 0.3) is 0 Å². The van der Waals surface area contributed by atoms with Gasteiger partial charge < -0.3 is 15.4 Å². The first-order valence-corrected chi connectivity index (χ1v) is 9.47. The Morgan fingerprint density at radius 1 is 1.08 bits per heavy atom. The van der Waals surface area contributed by atoms with Crippen molar-refractivity contribution in [3.8, 4) is 5.75 Å². The Balaban J connectivity index is 1.54. The Bertz CT molecular complexity index is 787. The topological polar surface area (TPSA) is 67.5 Å². The molecule has 0 radical (unpaired) electrons. The summed E-state index contributed by atoms with van der Waals surface area (Å²) in [5, 5.41) is 0. The van der Waals surface area contributed by atoms with Crippen LogP contribution < -0.4 is 15.4 Å². The largest absolute Gasteiger partial charge is 0.497 e. The van der Waals surface area contributed by atoms with Gasteiger partial charge in [-0.3, -0.25) is 4.90 Å². The van der Waals surface area contributed by atoms with E-state index in [4.69, 9.17) is 10.5 Å². The zero-order chi connectivity index (χ0) is 17.7. The summed E-state index contributed by atoms with van der Waals surface area (Å²) in [6.07, 6.45) is 4.16. The van der Waals surface area contributed by atoms with Gasteiger partial charge in [-0.2, -0.15) is 0 Å². The average molecular weight is 351 g/mol. The van der Waals surface area contributed by atoms with Crippen LogP contribution in [0.4, 0.5) is 11.6 Å². The van der Waals surface area contributed by atoms with Gasteiger partial charge in [-0.05, 0) is 49.5 Å². The van der Waals surface area contributed by atoms with E-state index < -0.39 is 0 Å². The Morgan fingerprint density at radius 2 is 1.85 bits per heavy atom. The second-order valence-electron chi connectivity index (χ2n) is 7.69. The lowest BCUT2D eigenvalue weighted by Gasteiger charge is -2.51. The molecule has 5 heterocycles. The molecule has 4 fully saturated rings. The first-order chi connectivity index (χ1) is 12.7. The molecule has 6 rings (SSSR count). The average Bonchev–Trinajstić information content (AvgIpc) is 3.12. The molecule has 136 valence electrons. The third kappa shape index (κ3) is 2.43. The standard InChI is InChI=1S/C20H25N5O/c1-26-15-4-2-13(3-5-15)16-11-25(18-10-17(21)22-12-23-18)19-14-6-8-24(9-7-14)20(16)19/h2-5,10,12,14,16,19-20H,6-9,11H2,1H3,(H2,21,22,23)/t16-,19+,20+/m0/s1. The van der Waals surface area contributed by atoms with E-state index in [1.54, 1.807) is 13.4 Å². The van der Waals surface area contributed by atoms with Crippen molar-refractivity contribution in [1.29, 1.82) is 0 Å². The van der Waals surface area contributed by atoms with E-state index >= 15 is 0 Å². The molecule has 6 heteroatoms. The highest BCUT2D eigenvalue weighted by molar-refractivity contribution is 5.51. The van der Waals surface area contributed by atoms with Gasteiger partial charge in [-0.15, -0.1) is 0 Å². The molecule has 3 atom stereocenters. The molecular formula is C20H25N5O. The van der Waals surface area contributed by atoms with Crippen molar-refractivity contribution >= 4 is 11.6 Å². The minimum absolute atomic E-state index is 0.477. The van der Waals surface area contributed by atoms with E-state index in [0.717, 1.165) is 24.0 Å². The monoisotopic (exact) mass is 351 g/mol. The number of hydrogen-bond acceptors (Lipinski definition) is 6. The summed E-state index contributed by atoms with van der Waals surface area (Å²) in [6.45, 7) is 3.42. The van der Waals surface area contributed by atoms with Gasteiger partial charge in [-0.1, -0.05) is 12.1 Å². The number of nitrogens with zero attached hydrogens (tertiary/aromatic N) is 4. The van der Waals surface area contributed by atoms with Crippen molar-refractivity contribution in [2.24, 2.45) is 5.92 Å².